The summed E-state index contributed by atoms with van der Waals surface area (Å²) in [5.41, 5.74) is -3.24. The minimum atomic E-state index is -4.99. The van der Waals surface area contributed by atoms with Crippen LogP contribution in [-0.4, -0.2) is 20.6 Å². The first kappa shape index (κ1) is 22.1. The highest BCUT2D eigenvalue weighted by atomic mass is 32.2. The first-order valence-electron chi connectivity index (χ1n) is 9.52. The van der Waals surface area contributed by atoms with Crippen molar-refractivity contribution < 1.29 is 30.8 Å². The number of benzene rings is 2. The van der Waals surface area contributed by atoms with Gasteiger partial charge in [-0.05, 0) is 48.2 Å². The third-order valence-corrected chi connectivity index (χ3v) is 6.18. The molecule has 1 aliphatic carbocycles. The molecule has 0 radical (unpaired) electrons. The van der Waals surface area contributed by atoms with Crippen molar-refractivity contribution >= 4 is 21.7 Å². The van der Waals surface area contributed by atoms with Gasteiger partial charge in [-0.3, -0.25) is 0 Å². The van der Waals surface area contributed by atoms with E-state index in [0.29, 0.717) is 18.4 Å². The lowest BCUT2D eigenvalue weighted by molar-refractivity contribution is -0.178. The average molecular weight is 467 g/mol. The monoisotopic (exact) mass is 467 g/mol. The predicted molar refractivity (Wildman–Crippen MR) is 107 cm³/mol. The summed E-state index contributed by atoms with van der Waals surface area (Å²) in [6.07, 6.45) is -3.69. The largest absolute Gasteiger partial charge is 0.427 e. The number of halogens is 4. The summed E-state index contributed by atoms with van der Waals surface area (Å²) in [5.74, 6) is 3.60. The van der Waals surface area contributed by atoms with E-state index < -0.39 is 39.2 Å². The van der Waals surface area contributed by atoms with E-state index in [-0.39, 0.29) is 28.5 Å². The first-order valence-corrected chi connectivity index (χ1v) is 11.1. The average Bonchev–Trinajstić information content (AvgIpc) is 3.50. The Morgan fingerprint density at radius 2 is 1.81 bits per heavy atom. The van der Waals surface area contributed by atoms with Crippen molar-refractivity contribution in [1.82, 2.24) is 5.32 Å². The zero-order valence-corrected chi connectivity index (χ0v) is 17.2. The normalized spacial score (nSPS) is 20.5. The third kappa shape index (κ3) is 4.16. The molecule has 1 aliphatic heterocycles. The van der Waals surface area contributed by atoms with E-state index in [1.807, 2.05) is 5.32 Å². The molecular formula is C21H17F4N3O3S. The zero-order valence-electron chi connectivity index (χ0n) is 16.4. The van der Waals surface area contributed by atoms with Gasteiger partial charge < -0.3 is 10.6 Å². The van der Waals surface area contributed by atoms with Gasteiger partial charge in [-0.25, -0.2) is 22.7 Å². The maximum Gasteiger partial charge on any atom is 0.427 e. The number of rotatable bonds is 3. The van der Waals surface area contributed by atoms with Crippen molar-refractivity contribution in [2.24, 2.45) is 11.1 Å². The summed E-state index contributed by atoms with van der Waals surface area (Å²) in [6, 6.07) is 6.08. The van der Waals surface area contributed by atoms with Gasteiger partial charge in [0.05, 0.1) is 4.90 Å². The van der Waals surface area contributed by atoms with Crippen LogP contribution < -0.4 is 15.8 Å². The number of carbonyl (C=O) groups is 1. The Morgan fingerprint density at radius 3 is 2.38 bits per heavy atom. The molecule has 4 rings (SSSR count). The Hall–Kier alpha value is -3.10. The minimum Gasteiger partial charge on any atom is -0.310 e. The van der Waals surface area contributed by atoms with Gasteiger partial charge in [0.25, 0.3) is 0 Å². The van der Waals surface area contributed by atoms with Crippen LogP contribution in [0.4, 0.5) is 28.0 Å². The van der Waals surface area contributed by atoms with E-state index >= 15 is 0 Å². The molecule has 1 saturated carbocycles. The first-order chi connectivity index (χ1) is 14.9. The molecule has 6 nitrogen and oxygen atoms in total. The molecule has 0 spiro atoms. The molecule has 0 bridgehead atoms. The summed E-state index contributed by atoms with van der Waals surface area (Å²) in [6.45, 7) is 0. The number of amides is 2. The van der Waals surface area contributed by atoms with E-state index in [0.717, 1.165) is 12.1 Å². The fraction of sp³-hybridized carbons (Fsp3) is 0.286. The van der Waals surface area contributed by atoms with Crippen LogP contribution in [0.15, 0.2) is 41.3 Å². The van der Waals surface area contributed by atoms with Gasteiger partial charge >= 0.3 is 12.2 Å². The van der Waals surface area contributed by atoms with Gasteiger partial charge in [0.15, 0.2) is 0 Å². The van der Waals surface area contributed by atoms with Gasteiger partial charge in [0.1, 0.15) is 5.82 Å². The summed E-state index contributed by atoms with van der Waals surface area (Å²) in [5, 5.41) is 9.18. The molecule has 32 heavy (non-hydrogen) atoms. The fourth-order valence-corrected chi connectivity index (χ4v) is 3.92. The number of hydrogen-bond donors (Lipinski definition) is 3. The second kappa shape index (κ2) is 7.50. The van der Waals surface area contributed by atoms with Gasteiger partial charge in [-0.15, -0.1) is 0 Å². The number of anilines is 1. The zero-order chi connectivity index (χ0) is 23.3. The quantitative estimate of drug-likeness (QED) is 0.477. The van der Waals surface area contributed by atoms with Crippen LogP contribution in [0.2, 0.25) is 0 Å². The molecule has 168 valence electrons. The number of nitrogens with two attached hydrogens (primary N) is 1. The Balaban J connectivity index is 1.75. The van der Waals surface area contributed by atoms with Crippen molar-refractivity contribution in [3.63, 3.8) is 0 Å². The number of alkyl halides is 3. The Kier molecular flexibility index (Phi) is 5.18. The molecule has 11 heteroatoms. The molecule has 2 aliphatic rings. The topological polar surface area (TPSA) is 101 Å². The van der Waals surface area contributed by atoms with Crippen LogP contribution in [0.3, 0.4) is 0 Å². The number of fused-ring (bicyclic) bond motifs is 1. The lowest BCUT2D eigenvalue weighted by atomic mass is 9.85. The fourth-order valence-electron chi connectivity index (χ4n) is 3.41. The minimum absolute atomic E-state index is 0.0144. The molecule has 2 aromatic rings. The smallest absolute Gasteiger partial charge is 0.310 e. The van der Waals surface area contributed by atoms with Crippen LogP contribution in [0.5, 0.6) is 0 Å². The van der Waals surface area contributed by atoms with Gasteiger partial charge in [-0.1, -0.05) is 24.0 Å². The van der Waals surface area contributed by atoms with Gasteiger partial charge in [-0.2, -0.15) is 13.2 Å². The number of primary sulfonamides is 1. The lowest BCUT2D eigenvalue weighted by Crippen LogP contribution is -2.59. The molecule has 0 unspecified atom stereocenters. The summed E-state index contributed by atoms with van der Waals surface area (Å²) in [7, 11) is -3.90. The molecular weight excluding hydrogens is 450 g/mol. The number of nitrogens with one attached hydrogen (secondary N) is 2. The number of carbonyl (C=O) groups excluding carboxylic acids is 1. The maximum atomic E-state index is 14.9. The van der Waals surface area contributed by atoms with Crippen molar-refractivity contribution in [1.29, 1.82) is 0 Å². The van der Waals surface area contributed by atoms with Gasteiger partial charge in [0, 0.05) is 23.6 Å². The second-order valence-electron chi connectivity index (χ2n) is 7.73. The third-order valence-electron chi connectivity index (χ3n) is 5.25. The summed E-state index contributed by atoms with van der Waals surface area (Å²) < 4.78 is 79.9. The van der Waals surface area contributed by atoms with Gasteiger partial charge in [0.2, 0.25) is 15.6 Å². The van der Waals surface area contributed by atoms with Crippen molar-refractivity contribution in [2.75, 3.05) is 5.32 Å². The molecule has 2 amide bonds. The number of urea groups is 1. The van der Waals surface area contributed by atoms with Crippen molar-refractivity contribution in [2.45, 2.75) is 35.9 Å². The van der Waals surface area contributed by atoms with E-state index in [1.165, 1.54) is 24.3 Å². The van der Waals surface area contributed by atoms with Crippen LogP contribution in [0, 0.1) is 23.6 Å². The second-order valence-corrected chi connectivity index (χ2v) is 9.29. The number of hydrogen-bond acceptors (Lipinski definition) is 3. The Morgan fingerprint density at radius 1 is 1.16 bits per heavy atom. The highest BCUT2D eigenvalue weighted by Crippen LogP contribution is 2.45. The molecule has 0 aromatic heterocycles. The standard InChI is InChI=1S/C21H17F4N3O3S/c22-17-11-16-18(10-14(17)9-13-3-5-15(6-4-13)32(26,30)31)27-19(29)28-20(16,21(23,24)25)8-7-12-1-2-12/h3-6,10-12H,1-2,9H2,(H2,26,30,31)(H2,27,28,29)/t20-/m0/s1. The lowest BCUT2D eigenvalue weighted by Gasteiger charge is -2.37. The molecule has 4 N–H and O–H groups in total. The summed E-state index contributed by atoms with van der Waals surface area (Å²) >= 11 is 0. The Labute approximate surface area is 181 Å². The summed E-state index contributed by atoms with van der Waals surface area (Å²) in [4.78, 5) is 12.0. The maximum absolute atomic E-state index is 14.9. The van der Waals surface area contributed by atoms with Crippen molar-refractivity contribution in [3.8, 4) is 11.8 Å². The van der Waals surface area contributed by atoms with Crippen LogP contribution in [0.25, 0.3) is 0 Å². The van der Waals surface area contributed by atoms with Crippen LogP contribution in [0.1, 0.15) is 29.5 Å². The highest BCUT2D eigenvalue weighted by molar-refractivity contribution is 7.89. The SMILES string of the molecule is NS(=O)(=O)c1ccc(Cc2cc3c(cc2F)[C@@](C#CC2CC2)(C(F)(F)F)NC(=O)N3)cc1. The van der Waals surface area contributed by atoms with Crippen molar-refractivity contribution in [3.05, 3.63) is 58.9 Å². The molecule has 1 atom stereocenters. The van der Waals surface area contributed by atoms with E-state index in [4.69, 9.17) is 5.14 Å². The molecule has 0 saturated heterocycles. The molecule has 2 aromatic carbocycles. The highest BCUT2D eigenvalue weighted by Gasteiger charge is 2.59. The van der Waals surface area contributed by atoms with E-state index in [2.05, 4.69) is 17.2 Å². The van der Waals surface area contributed by atoms with Crippen LogP contribution in [-0.2, 0) is 22.0 Å². The Bertz CT molecular complexity index is 1260. The van der Waals surface area contributed by atoms with E-state index in [1.54, 1.807) is 0 Å². The molecule has 1 fully saturated rings. The van der Waals surface area contributed by atoms with Crippen LogP contribution >= 0.6 is 0 Å². The van der Waals surface area contributed by atoms with E-state index in [9.17, 15) is 30.8 Å². The molecule has 1 heterocycles. The predicted octanol–water partition coefficient (Wildman–Crippen LogP) is 3.37. The number of sulfonamides is 1.